The maximum absolute atomic E-state index is 11.9. The van der Waals surface area contributed by atoms with Gasteiger partial charge in [0.05, 0.1) is 0 Å². The van der Waals surface area contributed by atoms with E-state index in [2.05, 4.69) is 41.9 Å². The molecule has 0 amide bonds. The molecule has 0 saturated carbocycles. The summed E-state index contributed by atoms with van der Waals surface area (Å²) in [6.07, 6.45) is 0. The van der Waals surface area contributed by atoms with Gasteiger partial charge in [-0.15, -0.1) is 0 Å². The van der Waals surface area contributed by atoms with E-state index < -0.39 is 0 Å². The minimum absolute atomic E-state index is 0.0975. The van der Waals surface area contributed by atoms with Crippen molar-refractivity contribution >= 4 is 21.7 Å². The van der Waals surface area contributed by atoms with Crippen LogP contribution in [0.3, 0.4) is 0 Å². The van der Waals surface area contributed by atoms with Crippen LogP contribution in [0.4, 0.5) is 0 Å². The van der Waals surface area contributed by atoms with Crippen molar-refractivity contribution in [3.8, 4) is 0 Å². The third-order valence-electron chi connectivity index (χ3n) is 3.53. The van der Waals surface area contributed by atoms with E-state index in [1.54, 1.807) is 6.92 Å². The molecule has 0 aliphatic heterocycles. The Morgan fingerprint density at radius 2 is 1.68 bits per heavy atom. The summed E-state index contributed by atoms with van der Waals surface area (Å²) in [7, 11) is 0. The lowest BCUT2D eigenvalue weighted by atomic mass is 9.75. The monoisotopic (exact) mass is 316 g/mol. The molecule has 2 heteroatoms. The number of carbonyl (C=O) groups is 1. The van der Waals surface area contributed by atoms with Gasteiger partial charge < -0.3 is 0 Å². The molecule has 0 spiro atoms. The predicted molar refractivity (Wildman–Crippen MR) is 82.7 cm³/mol. The number of rotatable bonds is 3. The van der Waals surface area contributed by atoms with Crippen LogP contribution in [0.1, 0.15) is 42.3 Å². The van der Waals surface area contributed by atoms with Crippen molar-refractivity contribution in [2.45, 2.75) is 26.2 Å². The third kappa shape index (κ3) is 2.79. The minimum atomic E-state index is -0.192. The van der Waals surface area contributed by atoms with Crippen LogP contribution in [0.25, 0.3) is 0 Å². The predicted octanol–water partition coefficient (Wildman–Crippen LogP) is 4.98. The van der Waals surface area contributed by atoms with Gasteiger partial charge in [0.25, 0.3) is 0 Å². The number of benzene rings is 2. The van der Waals surface area contributed by atoms with Crippen molar-refractivity contribution in [3.05, 3.63) is 69.7 Å². The van der Waals surface area contributed by atoms with Gasteiger partial charge in [-0.1, -0.05) is 66.2 Å². The summed E-state index contributed by atoms with van der Waals surface area (Å²) in [5.41, 5.74) is 2.86. The van der Waals surface area contributed by atoms with Gasteiger partial charge in [-0.25, -0.2) is 0 Å². The van der Waals surface area contributed by atoms with Gasteiger partial charge in [0.2, 0.25) is 0 Å². The molecule has 2 aromatic rings. The quantitative estimate of drug-likeness (QED) is 0.730. The normalized spacial score (nSPS) is 11.4. The Kier molecular flexibility index (Phi) is 3.91. The molecule has 0 atom stereocenters. The SMILES string of the molecule is CC(=O)c1cc(Br)ccc1C(C)(C)c1ccccc1. The number of ketones is 1. The molecule has 0 saturated heterocycles. The number of carbonyl (C=O) groups excluding carboxylic acids is 1. The lowest BCUT2D eigenvalue weighted by Gasteiger charge is -2.28. The van der Waals surface area contributed by atoms with Crippen molar-refractivity contribution in [1.29, 1.82) is 0 Å². The van der Waals surface area contributed by atoms with Crippen LogP contribution in [-0.2, 0) is 5.41 Å². The molecular weight excluding hydrogens is 300 g/mol. The molecule has 0 unspecified atom stereocenters. The van der Waals surface area contributed by atoms with Crippen LogP contribution in [0, 0.1) is 0 Å². The molecule has 98 valence electrons. The van der Waals surface area contributed by atoms with Crippen molar-refractivity contribution in [2.75, 3.05) is 0 Å². The minimum Gasteiger partial charge on any atom is -0.294 e. The molecule has 2 aromatic carbocycles. The average Bonchev–Trinajstić information content (AvgIpc) is 2.39. The smallest absolute Gasteiger partial charge is 0.160 e. The van der Waals surface area contributed by atoms with Crippen LogP contribution in [-0.4, -0.2) is 5.78 Å². The largest absolute Gasteiger partial charge is 0.294 e. The van der Waals surface area contributed by atoms with E-state index in [0.29, 0.717) is 0 Å². The van der Waals surface area contributed by atoms with E-state index in [1.165, 1.54) is 5.56 Å². The molecule has 0 heterocycles. The number of hydrogen-bond donors (Lipinski definition) is 0. The third-order valence-corrected chi connectivity index (χ3v) is 4.02. The first-order valence-electron chi connectivity index (χ1n) is 6.29. The summed E-state index contributed by atoms with van der Waals surface area (Å²) in [5.74, 6) is 0.0975. The first-order valence-corrected chi connectivity index (χ1v) is 7.08. The Balaban J connectivity index is 2.61. The van der Waals surface area contributed by atoms with E-state index in [4.69, 9.17) is 0 Å². The summed E-state index contributed by atoms with van der Waals surface area (Å²) < 4.78 is 0.935. The van der Waals surface area contributed by atoms with Crippen LogP contribution >= 0.6 is 15.9 Å². The molecule has 0 aliphatic carbocycles. The van der Waals surface area contributed by atoms with Gasteiger partial charge in [0.1, 0.15) is 0 Å². The van der Waals surface area contributed by atoms with E-state index >= 15 is 0 Å². The van der Waals surface area contributed by atoms with Crippen molar-refractivity contribution < 1.29 is 4.79 Å². The zero-order valence-electron chi connectivity index (χ0n) is 11.4. The Morgan fingerprint density at radius 3 is 2.26 bits per heavy atom. The summed E-state index contributed by atoms with van der Waals surface area (Å²) in [5, 5.41) is 0. The number of hydrogen-bond acceptors (Lipinski definition) is 1. The zero-order chi connectivity index (χ0) is 14.0. The molecule has 19 heavy (non-hydrogen) atoms. The van der Waals surface area contributed by atoms with Crippen LogP contribution in [0.2, 0.25) is 0 Å². The van der Waals surface area contributed by atoms with Crippen molar-refractivity contribution in [3.63, 3.8) is 0 Å². The molecule has 0 aliphatic rings. The fourth-order valence-corrected chi connectivity index (χ4v) is 2.72. The standard InChI is InChI=1S/C17H17BrO/c1-12(19)15-11-14(18)9-10-16(15)17(2,3)13-7-5-4-6-8-13/h4-11H,1-3H3. The van der Waals surface area contributed by atoms with Crippen molar-refractivity contribution in [1.82, 2.24) is 0 Å². The van der Waals surface area contributed by atoms with E-state index in [0.717, 1.165) is 15.6 Å². The molecule has 0 fully saturated rings. The van der Waals surface area contributed by atoms with Gasteiger partial charge in [-0.3, -0.25) is 4.79 Å². The first-order chi connectivity index (χ1) is 8.93. The van der Waals surface area contributed by atoms with Gasteiger partial charge in [0, 0.05) is 15.5 Å². The van der Waals surface area contributed by atoms with Crippen LogP contribution in [0.5, 0.6) is 0 Å². The van der Waals surface area contributed by atoms with Crippen LogP contribution < -0.4 is 0 Å². The highest BCUT2D eigenvalue weighted by atomic mass is 79.9. The summed E-state index contributed by atoms with van der Waals surface area (Å²) in [6.45, 7) is 5.92. The molecule has 1 nitrogen and oxygen atoms in total. The lowest BCUT2D eigenvalue weighted by molar-refractivity contribution is 0.101. The highest BCUT2D eigenvalue weighted by Gasteiger charge is 2.26. The molecule has 0 N–H and O–H groups in total. The van der Waals surface area contributed by atoms with E-state index in [9.17, 15) is 4.79 Å². The number of Topliss-reactive ketones (excluding diaryl/α,β-unsaturated/α-hetero) is 1. The van der Waals surface area contributed by atoms with E-state index in [1.807, 2.05) is 36.4 Å². The highest BCUT2D eigenvalue weighted by molar-refractivity contribution is 9.10. The molecular formula is C17H17BrO. The van der Waals surface area contributed by atoms with Gasteiger partial charge in [-0.2, -0.15) is 0 Å². The number of halogens is 1. The van der Waals surface area contributed by atoms with Crippen LogP contribution in [0.15, 0.2) is 53.0 Å². The Morgan fingerprint density at radius 1 is 1.05 bits per heavy atom. The molecule has 0 bridgehead atoms. The maximum Gasteiger partial charge on any atom is 0.160 e. The summed E-state index contributed by atoms with van der Waals surface area (Å²) in [4.78, 5) is 11.9. The fourth-order valence-electron chi connectivity index (χ4n) is 2.36. The van der Waals surface area contributed by atoms with Gasteiger partial charge in [-0.05, 0) is 30.2 Å². The second-order valence-corrected chi connectivity index (χ2v) is 6.15. The summed E-state index contributed by atoms with van der Waals surface area (Å²) >= 11 is 3.44. The highest BCUT2D eigenvalue weighted by Crippen LogP contribution is 2.34. The second kappa shape index (κ2) is 5.30. The second-order valence-electron chi connectivity index (χ2n) is 5.24. The van der Waals surface area contributed by atoms with Gasteiger partial charge >= 0.3 is 0 Å². The Bertz CT molecular complexity index is 600. The average molecular weight is 317 g/mol. The molecule has 0 aromatic heterocycles. The van der Waals surface area contributed by atoms with Crippen molar-refractivity contribution in [2.24, 2.45) is 0 Å². The van der Waals surface area contributed by atoms with Gasteiger partial charge in [0.15, 0.2) is 5.78 Å². The Labute approximate surface area is 122 Å². The lowest BCUT2D eigenvalue weighted by Crippen LogP contribution is -2.22. The first kappa shape index (κ1) is 14.0. The summed E-state index contributed by atoms with van der Waals surface area (Å²) in [6, 6.07) is 16.2. The topological polar surface area (TPSA) is 17.1 Å². The maximum atomic E-state index is 11.9. The Hall–Kier alpha value is -1.41. The molecule has 0 radical (unpaired) electrons. The molecule has 2 rings (SSSR count). The zero-order valence-corrected chi connectivity index (χ0v) is 13.0. The van der Waals surface area contributed by atoms with E-state index in [-0.39, 0.29) is 11.2 Å². The fraction of sp³-hybridized carbons (Fsp3) is 0.235.